The van der Waals surface area contributed by atoms with E-state index < -0.39 is 0 Å². The minimum atomic E-state index is 0.245. The number of para-hydroxylation sites is 12. The lowest BCUT2D eigenvalue weighted by atomic mass is 10.2. The van der Waals surface area contributed by atoms with Crippen molar-refractivity contribution in [1.82, 2.24) is 62.6 Å². The number of Topliss-reactive ketones (excluding diaryl/α,β-unsaturated/α-hetero) is 6. The maximum absolute atomic E-state index is 11.0. The Morgan fingerprint density at radius 1 is 0.333 bits per heavy atom. The second-order valence-electron chi connectivity index (χ2n) is 26.6. The molecule has 19 heteroatoms. The molecule has 0 saturated heterocycles. The van der Waals surface area contributed by atoms with E-state index in [9.17, 15) is 28.8 Å². The average Bonchev–Trinajstić information content (AvgIpc) is 1.97. The van der Waals surface area contributed by atoms with Crippen molar-refractivity contribution in [1.29, 1.82) is 0 Å². The lowest BCUT2D eigenvalue weighted by molar-refractivity contribution is -0.118. The van der Waals surface area contributed by atoms with Crippen molar-refractivity contribution in [2.45, 2.75) is 225 Å². The van der Waals surface area contributed by atoms with Gasteiger partial charge in [0.25, 0.3) is 0 Å². The summed E-state index contributed by atoms with van der Waals surface area (Å²) in [6.45, 7) is 28.3. The van der Waals surface area contributed by atoms with Crippen LogP contribution in [-0.2, 0) is 81.0 Å². The summed E-state index contributed by atoms with van der Waals surface area (Å²) in [7, 11) is 1.92. The second kappa shape index (κ2) is 40.5. The molecule has 0 bridgehead atoms. The normalized spacial score (nSPS) is 11.0. The van der Waals surface area contributed by atoms with Crippen molar-refractivity contribution in [3.05, 3.63) is 181 Å². The molecule has 6 heterocycles. The van der Waals surface area contributed by atoms with Crippen LogP contribution in [-0.4, -0.2) is 99.1 Å². The number of benzene rings is 6. The fraction of sp³-hybridized carbons (Fsp3) is 0.422. The molecule has 540 valence electrons. The maximum Gasteiger partial charge on any atom is 0.129 e. The monoisotopic (exact) mass is 1380 g/mol. The highest BCUT2D eigenvalue weighted by Gasteiger charge is 2.16. The molecule has 12 aromatic rings. The van der Waals surface area contributed by atoms with Crippen LogP contribution in [0.4, 0.5) is 0 Å². The summed E-state index contributed by atoms with van der Waals surface area (Å²) in [5, 5.41) is 3.13. The van der Waals surface area contributed by atoms with Crippen LogP contribution in [0.25, 0.3) is 66.2 Å². The Bertz CT molecular complexity index is 4380. The molecule has 0 aliphatic rings. The minimum absolute atomic E-state index is 0.245. The van der Waals surface area contributed by atoms with Crippen LogP contribution in [0.15, 0.2) is 146 Å². The Morgan fingerprint density at radius 2 is 0.569 bits per heavy atom. The summed E-state index contributed by atoms with van der Waals surface area (Å²) in [6.07, 6.45) is 11.3. The third-order valence-electron chi connectivity index (χ3n) is 17.5. The number of hydrogen-bond acceptors (Lipinski definition) is 13. The zero-order valence-corrected chi connectivity index (χ0v) is 62.6. The summed E-state index contributed by atoms with van der Waals surface area (Å²) in [6, 6.07) is 48.8. The number of aryl methyl sites for hydroxylation is 10. The van der Waals surface area contributed by atoms with Gasteiger partial charge in [-0.1, -0.05) is 93.6 Å². The molecule has 6 aromatic heterocycles. The van der Waals surface area contributed by atoms with Gasteiger partial charge in [-0.3, -0.25) is 0 Å². The molecule has 0 amide bonds. The first-order valence-electron chi connectivity index (χ1n) is 36.3. The third-order valence-corrected chi connectivity index (χ3v) is 17.5. The van der Waals surface area contributed by atoms with Crippen LogP contribution in [0.5, 0.6) is 0 Å². The Labute approximate surface area is 601 Å². The van der Waals surface area contributed by atoms with Crippen LogP contribution < -0.4 is 5.32 Å². The summed E-state index contributed by atoms with van der Waals surface area (Å²) in [4.78, 5) is 93.2. The number of hydrogen-bond donors (Lipinski definition) is 1. The van der Waals surface area contributed by atoms with Crippen molar-refractivity contribution in [3.63, 3.8) is 0 Å². The number of imidazole rings is 6. The lowest BCUT2D eigenvalue weighted by Crippen LogP contribution is -2.13. The number of fused-ring (bicyclic) bond motifs is 6. The van der Waals surface area contributed by atoms with Crippen LogP contribution in [0, 0.1) is 20.8 Å². The highest BCUT2D eigenvalue weighted by atomic mass is 16.1. The molecule has 0 aliphatic carbocycles. The second-order valence-corrected chi connectivity index (χ2v) is 26.6. The maximum atomic E-state index is 11.0. The zero-order chi connectivity index (χ0) is 73.7. The van der Waals surface area contributed by atoms with Crippen molar-refractivity contribution >= 4 is 101 Å². The van der Waals surface area contributed by atoms with Crippen molar-refractivity contribution in [3.8, 4) is 0 Å². The SMILES string of the molecule is CC(=O)CCCn1c(C(C)C)nc2ccccc21.CC(=O)CCCn1c(C)nc2ccccc21.CC(=O)CCCn1c(C)nc2ccccc21.CC(=O)CCCn1c(C)nc2ccccc21.CCCc1nc2ccccc2n1CCCC(C)=O.CNCc1nc2ccccc2n1CCCC(C)=O. The van der Waals surface area contributed by atoms with E-state index in [4.69, 9.17) is 0 Å². The first-order valence-corrected chi connectivity index (χ1v) is 36.3. The molecular formula is C83H107N13O6. The lowest BCUT2D eigenvalue weighted by Gasteiger charge is -2.10. The van der Waals surface area contributed by atoms with Crippen LogP contribution >= 0.6 is 0 Å². The van der Waals surface area contributed by atoms with Gasteiger partial charge in [-0.15, -0.1) is 0 Å². The zero-order valence-electron chi connectivity index (χ0n) is 62.6. The smallest absolute Gasteiger partial charge is 0.129 e. The Kier molecular flexibility index (Phi) is 31.6. The van der Waals surface area contributed by atoms with Gasteiger partial charge in [-0.2, -0.15) is 0 Å². The first kappa shape index (κ1) is 79.4. The number of carbonyl (C=O) groups excluding carboxylic acids is 6. The van der Waals surface area contributed by atoms with Gasteiger partial charge in [0.05, 0.1) is 72.7 Å². The molecule has 12 rings (SSSR count). The molecule has 0 fully saturated rings. The Hall–Kier alpha value is -9.88. The van der Waals surface area contributed by atoms with Gasteiger partial charge in [0.2, 0.25) is 0 Å². The first-order chi connectivity index (χ1) is 49.1. The van der Waals surface area contributed by atoms with E-state index in [1.165, 1.54) is 11.0 Å². The molecule has 0 spiro atoms. The van der Waals surface area contributed by atoms with Gasteiger partial charge in [-0.25, -0.2) is 29.9 Å². The molecule has 1 N–H and O–H groups in total. The molecular weight excluding hydrogens is 1270 g/mol. The van der Waals surface area contributed by atoms with Crippen molar-refractivity contribution < 1.29 is 28.8 Å². The third kappa shape index (κ3) is 23.6. The standard InChI is InChI=1S/2C15H20N2O.C14H19N3O.3C13H16N2O/c1-11(2)15-16-13-8-4-5-9-14(13)17(15)10-6-7-12(3)18;1-3-7-15-16-13-9-4-5-10-14(13)17(15)11-6-8-12(2)18;1-11(18)6-5-9-17-13-8-4-3-7-12(13)16-14(17)10-15-2;3*1-10(16)6-5-9-15-11(2)14-12-7-3-4-8-13(12)15/h4-5,8-9,11H,6-7,10H2,1-3H3;4-5,9-10H,3,6-8,11H2,1-2H3;3-4,7-8,15H,5-6,9-10H2,1-2H3;3*3-4,7-8H,5-6,9H2,1-2H3. The summed E-state index contributed by atoms with van der Waals surface area (Å²) in [5.41, 5.74) is 13.2. The fourth-order valence-electron chi connectivity index (χ4n) is 12.6. The van der Waals surface area contributed by atoms with Crippen LogP contribution in [0.3, 0.4) is 0 Å². The van der Waals surface area contributed by atoms with E-state index in [1.807, 2.05) is 131 Å². The average molecular weight is 1380 g/mol. The largest absolute Gasteiger partial charge is 0.328 e. The number of nitrogens with zero attached hydrogens (tertiary/aromatic N) is 12. The molecule has 19 nitrogen and oxygen atoms in total. The van der Waals surface area contributed by atoms with E-state index >= 15 is 0 Å². The van der Waals surface area contributed by atoms with Gasteiger partial charge in [0.15, 0.2) is 0 Å². The topological polar surface area (TPSA) is 221 Å². The number of rotatable bonds is 29. The molecule has 0 aliphatic heterocycles. The van der Waals surface area contributed by atoms with E-state index in [1.54, 1.807) is 41.5 Å². The number of ketones is 6. The molecule has 102 heavy (non-hydrogen) atoms. The Balaban J connectivity index is 0.000000172. The number of aromatic nitrogens is 12. The van der Waals surface area contributed by atoms with Crippen molar-refractivity contribution in [2.75, 3.05) is 7.05 Å². The molecule has 0 radical (unpaired) electrons. The molecule has 6 aromatic carbocycles. The number of carbonyl (C=O) groups is 6. The Morgan fingerprint density at radius 3 is 0.853 bits per heavy atom. The summed E-state index contributed by atoms with van der Waals surface area (Å²) in [5.74, 6) is 8.25. The summed E-state index contributed by atoms with van der Waals surface area (Å²) < 4.78 is 13.3. The predicted octanol–water partition coefficient (Wildman–Crippen LogP) is 17.2. The molecule has 0 saturated carbocycles. The predicted molar refractivity (Wildman–Crippen MR) is 413 cm³/mol. The summed E-state index contributed by atoms with van der Waals surface area (Å²) >= 11 is 0. The van der Waals surface area contributed by atoms with E-state index in [0.29, 0.717) is 44.4 Å². The van der Waals surface area contributed by atoms with E-state index in [2.05, 4.69) is 126 Å². The van der Waals surface area contributed by atoms with E-state index in [-0.39, 0.29) is 34.7 Å². The van der Waals surface area contributed by atoms with Gasteiger partial charge in [0, 0.05) is 90.1 Å². The van der Waals surface area contributed by atoms with Gasteiger partial charge >= 0.3 is 0 Å². The minimum Gasteiger partial charge on any atom is -0.328 e. The number of nitrogens with one attached hydrogen (secondary N) is 1. The molecule has 0 unspecified atom stereocenters. The molecule has 0 atom stereocenters. The fourth-order valence-corrected chi connectivity index (χ4v) is 12.6. The van der Waals surface area contributed by atoms with Crippen LogP contribution in [0.1, 0.15) is 187 Å². The van der Waals surface area contributed by atoms with Gasteiger partial charge < -0.3 is 61.5 Å². The van der Waals surface area contributed by atoms with Gasteiger partial charge in [0.1, 0.15) is 69.6 Å². The van der Waals surface area contributed by atoms with Gasteiger partial charge in [-0.05, 0) is 187 Å². The van der Waals surface area contributed by atoms with E-state index in [0.717, 1.165) is 187 Å². The quantitative estimate of drug-likeness (QED) is 0.0461. The highest BCUT2D eigenvalue weighted by Crippen LogP contribution is 2.25. The van der Waals surface area contributed by atoms with Crippen molar-refractivity contribution in [2.24, 2.45) is 0 Å². The highest BCUT2D eigenvalue weighted by molar-refractivity contribution is 5.81. The van der Waals surface area contributed by atoms with Crippen LogP contribution in [0.2, 0.25) is 0 Å².